The molecule has 1 aromatic heterocycles. The van der Waals surface area contributed by atoms with Crippen molar-refractivity contribution in [1.82, 2.24) is 20.4 Å². The third-order valence-electron chi connectivity index (χ3n) is 5.34. The van der Waals surface area contributed by atoms with Crippen molar-refractivity contribution >= 4 is 29.9 Å². The summed E-state index contributed by atoms with van der Waals surface area (Å²) in [5, 5.41) is 6.73. The van der Waals surface area contributed by atoms with Crippen molar-refractivity contribution in [2.24, 2.45) is 4.99 Å². The Kier molecular flexibility index (Phi) is 11.2. The first-order valence-corrected chi connectivity index (χ1v) is 10.8. The number of piperazine rings is 1. The summed E-state index contributed by atoms with van der Waals surface area (Å²) >= 11 is 0. The Morgan fingerprint density at radius 1 is 1.13 bits per heavy atom. The molecule has 0 saturated carbocycles. The molecular weight excluding hydrogens is 489 g/mol. The number of hydrogen-bond donors (Lipinski definition) is 2. The second-order valence-corrected chi connectivity index (χ2v) is 7.60. The minimum Gasteiger partial charge on any atom is -0.469 e. The summed E-state index contributed by atoms with van der Waals surface area (Å²) in [7, 11) is 2.22. The zero-order chi connectivity index (χ0) is 20.3. The Labute approximate surface area is 198 Å². The topological polar surface area (TPSA) is 56.0 Å². The molecular formula is C23H36IN5O. The lowest BCUT2D eigenvalue weighted by Gasteiger charge is -2.40. The van der Waals surface area contributed by atoms with Gasteiger partial charge in [-0.2, -0.15) is 0 Å². The van der Waals surface area contributed by atoms with E-state index in [1.165, 1.54) is 5.56 Å². The van der Waals surface area contributed by atoms with Crippen molar-refractivity contribution in [3.05, 3.63) is 60.1 Å². The highest BCUT2D eigenvalue weighted by atomic mass is 127. The maximum Gasteiger partial charge on any atom is 0.191 e. The monoisotopic (exact) mass is 525 g/mol. The first-order chi connectivity index (χ1) is 14.3. The van der Waals surface area contributed by atoms with E-state index in [4.69, 9.17) is 9.41 Å². The van der Waals surface area contributed by atoms with Crippen LogP contribution in [0.4, 0.5) is 0 Å². The first kappa shape index (κ1) is 24.7. The third kappa shape index (κ3) is 7.92. The number of likely N-dealkylation sites (N-methyl/N-ethyl adjacent to an activating group) is 1. The van der Waals surface area contributed by atoms with E-state index in [0.717, 1.165) is 70.4 Å². The van der Waals surface area contributed by atoms with Crippen LogP contribution in [0.2, 0.25) is 0 Å². The highest BCUT2D eigenvalue weighted by Gasteiger charge is 2.25. The molecule has 2 aromatic rings. The van der Waals surface area contributed by atoms with Crippen molar-refractivity contribution < 1.29 is 4.42 Å². The molecule has 2 N–H and O–H groups in total. The Morgan fingerprint density at radius 3 is 2.70 bits per heavy atom. The molecule has 6 nitrogen and oxygen atoms in total. The number of rotatable bonds is 9. The van der Waals surface area contributed by atoms with Crippen LogP contribution in [0.1, 0.15) is 30.7 Å². The molecule has 1 aromatic carbocycles. The highest BCUT2D eigenvalue weighted by Crippen LogP contribution is 2.24. The van der Waals surface area contributed by atoms with E-state index in [2.05, 4.69) is 64.7 Å². The Bertz CT molecular complexity index is 722. The number of nitrogens with one attached hydrogen (secondary N) is 2. The summed E-state index contributed by atoms with van der Waals surface area (Å²) in [5.41, 5.74) is 1.41. The minimum atomic E-state index is 0. The first-order valence-electron chi connectivity index (χ1n) is 10.8. The van der Waals surface area contributed by atoms with Gasteiger partial charge in [0.2, 0.25) is 0 Å². The van der Waals surface area contributed by atoms with Crippen molar-refractivity contribution in [2.75, 3.05) is 52.9 Å². The summed E-state index contributed by atoms with van der Waals surface area (Å²) < 4.78 is 5.39. The molecule has 0 bridgehead atoms. The van der Waals surface area contributed by atoms with Gasteiger partial charge in [0.05, 0.1) is 6.26 Å². The van der Waals surface area contributed by atoms with Crippen LogP contribution in [0.5, 0.6) is 0 Å². The van der Waals surface area contributed by atoms with Gasteiger partial charge >= 0.3 is 0 Å². The maximum atomic E-state index is 5.39. The Hall–Kier alpha value is -1.58. The predicted octanol–water partition coefficient (Wildman–Crippen LogP) is 3.37. The van der Waals surface area contributed by atoms with E-state index in [0.29, 0.717) is 6.04 Å². The van der Waals surface area contributed by atoms with Gasteiger partial charge < -0.3 is 20.0 Å². The molecule has 30 heavy (non-hydrogen) atoms. The van der Waals surface area contributed by atoms with Crippen molar-refractivity contribution in [1.29, 1.82) is 0 Å². The quantitative estimate of drug-likeness (QED) is 0.228. The molecule has 3 rings (SSSR count). The van der Waals surface area contributed by atoms with E-state index < -0.39 is 0 Å². The molecule has 1 atom stereocenters. The number of furan rings is 1. The van der Waals surface area contributed by atoms with E-state index in [1.807, 2.05) is 12.1 Å². The molecule has 1 saturated heterocycles. The summed E-state index contributed by atoms with van der Waals surface area (Å²) in [6.07, 6.45) is 3.63. The molecule has 1 fully saturated rings. The zero-order valence-electron chi connectivity index (χ0n) is 18.2. The normalized spacial score (nSPS) is 18.1. The zero-order valence-corrected chi connectivity index (χ0v) is 20.5. The van der Waals surface area contributed by atoms with Crippen LogP contribution < -0.4 is 10.6 Å². The largest absolute Gasteiger partial charge is 0.469 e. The van der Waals surface area contributed by atoms with Gasteiger partial charge in [-0.05, 0) is 38.1 Å². The lowest BCUT2D eigenvalue weighted by Crippen LogP contribution is -2.47. The van der Waals surface area contributed by atoms with Gasteiger partial charge in [-0.1, -0.05) is 30.3 Å². The number of benzene rings is 1. The molecule has 0 spiro atoms. The number of halogens is 1. The fraction of sp³-hybridized carbons (Fsp3) is 0.522. The van der Waals surface area contributed by atoms with Gasteiger partial charge in [-0.15, -0.1) is 24.0 Å². The maximum absolute atomic E-state index is 5.39. The van der Waals surface area contributed by atoms with Crippen LogP contribution in [0.15, 0.2) is 58.1 Å². The molecule has 0 amide bonds. The number of aliphatic imine (C=N–C) groups is 1. The molecule has 2 heterocycles. The minimum absolute atomic E-state index is 0. The van der Waals surface area contributed by atoms with E-state index in [9.17, 15) is 0 Å². The van der Waals surface area contributed by atoms with Gasteiger partial charge in [0.1, 0.15) is 5.76 Å². The Morgan fingerprint density at radius 2 is 1.97 bits per heavy atom. The van der Waals surface area contributed by atoms with Gasteiger partial charge in [0.25, 0.3) is 0 Å². The van der Waals surface area contributed by atoms with Gasteiger partial charge in [-0.3, -0.25) is 9.89 Å². The average molecular weight is 525 g/mol. The number of hydrogen-bond acceptors (Lipinski definition) is 4. The lowest BCUT2D eigenvalue weighted by atomic mass is 10.0. The summed E-state index contributed by atoms with van der Waals surface area (Å²) in [6, 6.07) is 15.3. The molecule has 166 valence electrons. The standard InChI is InChI=1S/C23H35N5O.HI/c1-3-24-23(26-14-12-21-11-7-18-29-21)25-13-8-15-28-17-16-27(2)19-22(28)20-9-5-4-6-10-20;/h4-7,9-11,18,22H,3,8,12-17,19H2,1-2H3,(H2,24,25,26);1H. The summed E-state index contributed by atoms with van der Waals surface area (Å²) in [5.74, 6) is 1.88. The third-order valence-corrected chi connectivity index (χ3v) is 5.34. The molecule has 0 aliphatic carbocycles. The van der Waals surface area contributed by atoms with Gasteiger partial charge in [-0.25, -0.2) is 0 Å². The molecule has 7 heteroatoms. The molecule has 0 radical (unpaired) electrons. The van der Waals surface area contributed by atoms with Crippen LogP contribution in [0.25, 0.3) is 0 Å². The number of nitrogens with zero attached hydrogens (tertiary/aromatic N) is 3. The summed E-state index contributed by atoms with van der Waals surface area (Å²) in [4.78, 5) is 9.80. The average Bonchev–Trinajstić information content (AvgIpc) is 3.26. The van der Waals surface area contributed by atoms with E-state index in [1.54, 1.807) is 6.26 Å². The van der Waals surface area contributed by atoms with E-state index in [-0.39, 0.29) is 24.0 Å². The molecule has 1 aliphatic heterocycles. The van der Waals surface area contributed by atoms with Crippen LogP contribution in [0, 0.1) is 0 Å². The van der Waals surface area contributed by atoms with Gasteiger partial charge in [0, 0.05) is 58.3 Å². The Balaban J connectivity index is 0.00000320. The van der Waals surface area contributed by atoms with Crippen molar-refractivity contribution in [3.8, 4) is 0 Å². The molecule has 1 aliphatic rings. The van der Waals surface area contributed by atoms with Gasteiger partial charge in [0.15, 0.2) is 5.96 Å². The fourth-order valence-electron chi connectivity index (χ4n) is 3.78. The second kappa shape index (κ2) is 13.7. The predicted molar refractivity (Wildman–Crippen MR) is 135 cm³/mol. The van der Waals surface area contributed by atoms with Crippen LogP contribution in [-0.4, -0.2) is 68.6 Å². The fourth-order valence-corrected chi connectivity index (χ4v) is 3.78. The van der Waals surface area contributed by atoms with Crippen molar-refractivity contribution in [2.45, 2.75) is 25.8 Å². The van der Waals surface area contributed by atoms with Crippen LogP contribution >= 0.6 is 24.0 Å². The number of guanidine groups is 1. The van der Waals surface area contributed by atoms with Crippen molar-refractivity contribution in [3.63, 3.8) is 0 Å². The SMILES string of the molecule is CCNC(=NCCCN1CCN(C)CC1c1ccccc1)NCCc1ccco1.I. The molecule has 1 unspecified atom stereocenters. The van der Waals surface area contributed by atoms with E-state index >= 15 is 0 Å². The smallest absolute Gasteiger partial charge is 0.191 e. The second-order valence-electron chi connectivity index (χ2n) is 7.60. The van der Waals surface area contributed by atoms with Crippen LogP contribution in [-0.2, 0) is 6.42 Å². The summed E-state index contributed by atoms with van der Waals surface area (Å²) in [6.45, 7) is 9.00. The highest BCUT2D eigenvalue weighted by molar-refractivity contribution is 14.0. The lowest BCUT2D eigenvalue weighted by molar-refractivity contribution is 0.0894. The van der Waals surface area contributed by atoms with Crippen LogP contribution in [0.3, 0.4) is 0 Å².